The van der Waals surface area contributed by atoms with E-state index in [4.69, 9.17) is 14.5 Å². The van der Waals surface area contributed by atoms with Gasteiger partial charge in [0, 0.05) is 43.6 Å². The molecule has 0 saturated carbocycles. The van der Waals surface area contributed by atoms with Crippen molar-refractivity contribution in [1.82, 2.24) is 4.98 Å². The van der Waals surface area contributed by atoms with E-state index in [-0.39, 0.29) is 31.6 Å². The molecule has 0 aliphatic carbocycles. The predicted molar refractivity (Wildman–Crippen MR) is 172 cm³/mol. The number of furan rings is 1. The molecular weight excluding hydrogens is 711 g/mol. The minimum atomic E-state index is -0.125. The zero-order valence-electron chi connectivity index (χ0n) is 24.7. The summed E-state index contributed by atoms with van der Waals surface area (Å²) in [6.45, 7) is 7.36. The molecular formula is C38H34IrNO3-. The van der Waals surface area contributed by atoms with E-state index < -0.39 is 0 Å². The van der Waals surface area contributed by atoms with Crippen LogP contribution in [0.15, 0.2) is 120 Å². The van der Waals surface area contributed by atoms with Gasteiger partial charge in [-0.2, -0.15) is 0 Å². The van der Waals surface area contributed by atoms with Crippen LogP contribution in [-0.4, -0.2) is 15.9 Å². The van der Waals surface area contributed by atoms with E-state index in [1.54, 1.807) is 0 Å². The van der Waals surface area contributed by atoms with Crippen molar-refractivity contribution < 1.29 is 34.4 Å². The Morgan fingerprint density at radius 1 is 0.907 bits per heavy atom. The van der Waals surface area contributed by atoms with Crippen molar-refractivity contribution in [2.75, 3.05) is 0 Å². The van der Waals surface area contributed by atoms with Crippen molar-refractivity contribution >= 4 is 27.5 Å². The number of aliphatic hydroxyl groups excluding tert-OH is 1. The van der Waals surface area contributed by atoms with Crippen molar-refractivity contribution in [1.29, 1.82) is 0 Å². The van der Waals surface area contributed by atoms with Crippen molar-refractivity contribution in [3.63, 3.8) is 0 Å². The molecule has 0 saturated heterocycles. The molecule has 4 aromatic carbocycles. The molecule has 0 fully saturated rings. The van der Waals surface area contributed by atoms with Crippen LogP contribution >= 0.6 is 0 Å². The standard InChI is InChI=1S/C33H26NO.C5H8O2.Ir/c1-22(2)17-23-13-14-29-26(18-23)15-16-34-32(29)27-19-28-21-31(25-11-7-4-8-12-25)35-33(28)30(20-27)24-9-5-3-6-10-24;1-4(6)3-5(2)7;/h3-16,18,20-22H,17H2,1-2H3;3,6H,1-2H3;/q-1;;/b;4-3-;. The van der Waals surface area contributed by atoms with Gasteiger partial charge in [-0.25, -0.2) is 0 Å². The summed E-state index contributed by atoms with van der Waals surface area (Å²) in [4.78, 5) is 14.8. The number of fused-ring (bicyclic) bond motifs is 2. The third kappa shape index (κ3) is 7.75. The molecule has 0 bridgehead atoms. The molecule has 1 radical (unpaired) electrons. The first-order valence-corrected chi connectivity index (χ1v) is 14.1. The van der Waals surface area contributed by atoms with E-state index in [0.29, 0.717) is 5.92 Å². The summed E-state index contributed by atoms with van der Waals surface area (Å²) in [6, 6.07) is 37.3. The molecule has 2 heterocycles. The minimum absolute atomic E-state index is 0. The Labute approximate surface area is 266 Å². The zero-order chi connectivity index (χ0) is 29.6. The van der Waals surface area contributed by atoms with E-state index in [1.807, 2.05) is 30.5 Å². The van der Waals surface area contributed by atoms with Crippen molar-refractivity contribution in [3.8, 4) is 33.7 Å². The van der Waals surface area contributed by atoms with Gasteiger partial charge in [0.2, 0.25) is 0 Å². The largest absolute Gasteiger partial charge is 0.512 e. The van der Waals surface area contributed by atoms with Gasteiger partial charge in [-0.3, -0.25) is 9.78 Å². The number of benzene rings is 4. The summed E-state index contributed by atoms with van der Waals surface area (Å²) in [5.41, 5.74) is 7.33. The number of rotatable bonds is 6. The maximum atomic E-state index is 10.0. The summed E-state index contributed by atoms with van der Waals surface area (Å²) in [7, 11) is 0. The van der Waals surface area contributed by atoms with Gasteiger partial charge in [0.1, 0.15) is 0 Å². The number of allylic oxidation sites excluding steroid dienone is 2. The van der Waals surface area contributed by atoms with Crippen LogP contribution in [0, 0.1) is 12.0 Å². The first-order chi connectivity index (χ1) is 20.3. The molecule has 4 nitrogen and oxygen atoms in total. The van der Waals surface area contributed by atoms with Gasteiger partial charge in [-0.05, 0) is 59.7 Å². The fourth-order valence-electron chi connectivity index (χ4n) is 5.11. The summed E-state index contributed by atoms with van der Waals surface area (Å²) >= 11 is 0. The summed E-state index contributed by atoms with van der Waals surface area (Å²) in [5.74, 6) is 1.40. The quantitative estimate of drug-likeness (QED) is 0.105. The maximum Gasteiger partial charge on any atom is 0.155 e. The van der Waals surface area contributed by atoms with Crippen molar-refractivity contribution in [3.05, 3.63) is 127 Å². The number of hydrogen-bond acceptors (Lipinski definition) is 4. The third-order valence-electron chi connectivity index (χ3n) is 6.82. The van der Waals surface area contributed by atoms with Crippen LogP contribution in [0.25, 0.3) is 55.4 Å². The van der Waals surface area contributed by atoms with Crippen LogP contribution in [0.5, 0.6) is 0 Å². The van der Waals surface area contributed by atoms with E-state index in [2.05, 4.69) is 92.7 Å². The molecule has 0 aliphatic rings. The number of carbonyl (C=O) groups excluding carboxylic acids is 1. The monoisotopic (exact) mass is 745 g/mol. The van der Waals surface area contributed by atoms with Crippen LogP contribution in [0.3, 0.4) is 0 Å². The molecule has 43 heavy (non-hydrogen) atoms. The third-order valence-corrected chi connectivity index (χ3v) is 6.82. The molecule has 0 atom stereocenters. The Bertz CT molecular complexity index is 1870. The van der Waals surface area contributed by atoms with Gasteiger partial charge < -0.3 is 9.52 Å². The van der Waals surface area contributed by atoms with Gasteiger partial charge >= 0.3 is 0 Å². The summed E-state index contributed by atoms with van der Waals surface area (Å²) in [5, 5.41) is 11.7. The summed E-state index contributed by atoms with van der Waals surface area (Å²) in [6.07, 6.45) is 4.14. The minimum Gasteiger partial charge on any atom is -0.512 e. The topological polar surface area (TPSA) is 63.3 Å². The normalized spacial score (nSPS) is 11.2. The number of pyridine rings is 1. The second-order valence-corrected chi connectivity index (χ2v) is 10.9. The Morgan fingerprint density at radius 2 is 1.58 bits per heavy atom. The van der Waals surface area contributed by atoms with Gasteiger partial charge in [-0.1, -0.05) is 110 Å². The van der Waals surface area contributed by atoms with Gasteiger partial charge in [-0.15, -0.1) is 12.1 Å². The Kier molecular flexibility index (Phi) is 10.5. The number of aromatic nitrogens is 1. The molecule has 2 aromatic heterocycles. The van der Waals surface area contributed by atoms with Crippen LogP contribution in [0.1, 0.15) is 33.3 Å². The fourth-order valence-corrected chi connectivity index (χ4v) is 5.11. The van der Waals surface area contributed by atoms with E-state index in [1.165, 1.54) is 30.9 Å². The van der Waals surface area contributed by atoms with E-state index in [0.717, 1.165) is 56.5 Å². The van der Waals surface area contributed by atoms with Gasteiger partial charge in [0.25, 0.3) is 0 Å². The summed E-state index contributed by atoms with van der Waals surface area (Å²) < 4.78 is 6.42. The molecule has 0 spiro atoms. The van der Waals surface area contributed by atoms with Crippen LogP contribution in [-0.2, 0) is 31.3 Å². The van der Waals surface area contributed by atoms with Gasteiger partial charge in [0.05, 0.1) is 17.1 Å². The van der Waals surface area contributed by atoms with Crippen molar-refractivity contribution in [2.24, 2.45) is 5.92 Å². The Balaban J connectivity index is 0.000000475. The number of nitrogens with zero attached hydrogens (tertiary/aromatic N) is 1. The second kappa shape index (κ2) is 14.2. The van der Waals surface area contributed by atoms with Gasteiger partial charge in [0.15, 0.2) is 5.78 Å². The molecule has 1 N–H and O–H groups in total. The predicted octanol–water partition coefficient (Wildman–Crippen LogP) is 10.0. The van der Waals surface area contributed by atoms with E-state index >= 15 is 0 Å². The van der Waals surface area contributed by atoms with Crippen LogP contribution in [0.4, 0.5) is 0 Å². The number of aliphatic hydroxyl groups is 1. The maximum absolute atomic E-state index is 10.0. The number of hydrogen-bond donors (Lipinski definition) is 1. The Morgan fingerprint density at radius 3 is 2.19 bits per heavy atom. The zero-order valence-corrected chi connectivity index (χ0v) is 27.1. The first-order valence-electron chi connectivity index (χ1n) is 14.1. The van der Waals surface area contributed by atoms with Crippen LogP contribution in [0.2, 0.25) is 0 Å². The SMILES string of the molecule is CC(=O)/C=C(/C)O.CC(C)Cc1ccc2c(-c3[c-]c4cc(-c5ccccc5)oc4c(-c4ccccc4)c3)nccc2c1.[Ir]. The number of carbonyl (C=O) groups is 1. The second-order valence-electron chi connectivity index (χ2n) is 10.9. The van der Waals surface area contributed by atoms with Crippen molar-refractivity contribution in [2.45, 2.75) is 34.1 Å². The molecule has 0 amide bonds. The van der Waals surface area contributed by atoms with E-state index in [9.17, 15) is 4.79 Å². The average Bonchev–Trinajstić information content (AvgIpc) is 3.41. The first kappa shape index (κ1) is 31.6. The fraction of sp³-hybridized carbons (Fsp3) is 0.158. The molecule has 5 heteroatoms. The molecule has 0 unspecified atom stereocenters. The van der Waals surface area contributed by atoms with Crippen LogP contribution < -0.4 is 0 Å². The average molecular weight is 745 g/mol. The number of ketones is 1. The molecule has 219 valence electrons. The smallest absolute Gasteiger partial charge is 0.155 e. The Hall–Kier alpha value is -4.31. The molecule has 0 aliphatic heterocycles. The molecule has 6 rings (SSSR count). The molecule has 6 aromatic rings.